The fourth-order valence-electron chi connectivity index (χ4n) is 19.6. The highest BCUT2D eigenvalue weighted by Gasteiger charge is 2.61. The minimum absolute atomic E-state index is 0.00231. The lowest BCUT2D eigenvalue weighted by atomic mass is 9.47. The van der Waals surface area contributed by atoms with Crippen LogP contribution in [0.4, 0.5) is 0 Å². The van der Waals surface area contributed by atoms with Gasteiger partial charge in [0.2, 0.25) is 5.91 Å². The molecule has 0 aliphatic heterocycles. The molecule has 0 spiro atoms. The third-order valence-corrected chi connectivity index (χ3v) is 23.6. The number of hydrogen-bond donors (Lipinski definition) is 1. The normalized spacial score (nSPS) is 39.4. The van der Waals surface area contributed by atoms with Crippen molar-refractivity contribution in [3.05, 3.63) is 47.6 Å². The van der Waals surface area contributed by atoms with Crippen LogP contribution in [0.5, 0.6) is 0 Å². The Kier molecular flexibility index (Phi) is 17.2. The fraction of sp³-hybridized carbons (Fsp3) is 0.833. The quantitative estimate of drug-likeness (QED) is 0.0966. The Morgan fingerprint density at radius 2 is 1.04 bits per heavy atom. The Balaban J connectivity index is 0.788. The van der Waals surface area contributed by atoms with Gasteiger partial charge in [0, 0.05) is 25.9 Å². The predicted molar refractivity (Wildman–Crippen MR) is 297 cm³/mol. The molecule has 0 aromatic heterocycles. The molecule has 9 aliphatic rings. The third-order valence-electron chi connectivity index (χ3n) is 23.6. The van der Waals surface area contributed by atoms with Crippen LogP contribution in [0.15, 0.2) is 47.6 Å². The Morgan fingerprint density at radius 3 is 1.48 bits per heavy atom. The van der Waals surface area contributed by atoms with E-state index in [2.05, 4.69) is 86.7 Å². The molecule has 0 aromatic rings. The standard InChI is InChI=1S/C66H104N2O5/c1-43(2)15-13-17-45(5)54-25-27-56-52-23-21-48-39-50(29-33-63(48,7)58(52)31-35-65(54,56)9)72-60(69)41-68(38-37-67-62(71)47-19-11-12-20-47)42-61(70)73-51-30-34-64(8)49(40-51)22-24-53-57-28-26-55(46(6)18-14-16-44(3)4)66(57,10)36-32-59(53)64/h11-12,19-22,43-47,50-59H,13-18,23-42H2,1-10H3,(H,67,71)/t45-,46-,50+,51+,52+,53+,54-,55-,56+,57+,58+,59+,63+,64+,65-,66-/m1/s1. The first-order valence-electron chi connectivity index (χ1n) is 31.0. The van der Waals surface area contributed by atoms with Crippen molar-refractivity contribution < 1.29 is 23.9 Å². The summed E-state index contributed by atoms with van der Waals surface area (Å²) in [4.78, 5) is 42.8. The molecule has 0 heterocycles. The maximum absolute atomic E-state index is 14.0. The van der Waals surface area contributed by atoms with Gasteiger partial charge in [0.25, 0.3) is 0 Å². The van der Waals surface area contributed by atoms with Gasteiger partial charge in [-0.25, -0.2) is 0 Å². The Morgan fingerprint density at radius 1 is 0.589 bits per heavy atom. The molecule has 1 amide bonds. The van der Waals surface area contributed by atoms with E-state index >= 15 is 0 Å². The summed E-state index contributed by atoms with van der Waals surface area (Å²) in [7, 11) is 0. The van der Waals surface area contributed by atoms with E-state index < -0.39 is 0 Å². The van der Waals surface area contributed by atoms with Gasteiger partial charge in [-0.05, 0) is 183 Å². The fourth-order valence-corrected chi connectivity index (χ4v) is 19.6. The molecule has 6 saturated carbocycles. The molecule has 9 rings (SSSR count). The molecule has 73 heavy (non-hydrogen) atoms. The molecule has 1 N–H and O–H groups in total. The predicted octanol–water partition coefficient (Wildman–Crippen LogP) is 15.1. The Bertz CT molecular complexity index is 1950. The summed E-state index contributed by atoms with van der Waals surface area (Å²) in [6.45, 7) is 25.8. The van der Waals surface area contributed by atoms with Crippen molar-refractivity contribution in [2.45, 2.75) is 223 Å². The van der Waals surface area contributed by atoms with Crippen molar-refractivity contribution in [1.82, 2.24) is 10.2 Å². The van der Waals surface area contributed by atoms with Gasteiger partial charge < -0.3 is 14.8 Å². The zero-order chi connectivity index (χ0) is 51.9. The van der Waals surface area contributed by atoms with Crippen LogP contribution in [0.25, 0.3) is 0 Å². The molecule has 6 fully saturated rings. The van der Waals surface area contributed by atoms with E-state index in [0.29, 0.717) is 23.9 Å². The van der Waals surface area contributed by atoms with Gasteiger partial charge in [0.15, 0.2) is 0 Å². The summed E-state index contributed by atoms with van der Waals surface area (Å²) in [6.07, 6.45) is 39.6. The lowest BCUT2D eigenvalue weighted by Gasteiger charge is -2.58. The number of amides is 1. The molecule has 408 valence electrons. The van der Waals surface area contributed by atoms with E-state index in [1.165, 1.54) is 114 Å². The average Bonchev–Trinajstić information content (AvgIpc) is 4.09. The van der Waals surface area contributed by atoms with Crippen LogP contribution in [-0.2, 0) is 23.9 Å². The number of rotatable bonds is 20. The first-order valence-corrected chi connectivity index (χ1v) is 31.0. The molecule has 7 heteroatoms. The highest BCUT2D eigenvalue weighted by atomic mass is 16.5. The van der Waals surface area contributed by atoms with E-state index in [4.69, 9.17) is 9.47 Å². The first kappa shape index (κ1) is 55.1. The number of fused-ring (bicyclic) bond motifs is 10. The second-order valence-corrected chi connectivity index (χ2v) is 28.6. The largest absolute Gasteiger partial charge is 0.461 e. The average molecular weight is 1010 g/mol. The summed E-state index contributed by atoms with van der Waals surface area (Å²) in [5, 5.41) is 3.05. The van der Waals surface area contributed by atoms with E-state index in [1.807, 2.05) is 29.2 Å². The summed E-state index contributed by atoms with van der Waals surface area (Å²) in [5.74, 6) is 8.63. The number of ether oxygens (including phenoxy) is 2. The summed E-state index contributed by atoms with van der Waals surface area (Å²) < 4.78 is 12.7. The summed E-state index contributed by atoms with van der Waals surface area (Å²) in [6, 6.07) is 0. The van der Waals surface area contributed by atoms with E-state index in [-0.39, 0.29) is 59.9 Å². The van der Waals surface area contributed by atoms with Crippen molar-refractivity contribution in [2.24, 2.45) is 98.6 Å². The maximum atomic E-state index is 14.0. The highest BCUT2D eigenvalue weighted by molar-refractivity contribution is 5.83. The van der Waals surface area contributed by atoms with Crippen molar-refractivity contribution in [1.29, 1.82) is 0 Å². The van der Waals surface area contributed by atoms with Crippen LogP contribution >= 0.6 is 0 Å². The Hall–Kier alpha value is -2.67. The highest BCUT2D eigenvalue weighted by Crippen LogP contribution is 2.69. The van der Waals surface area contributed by atoms with E-state index in [9.17, 15) is 14.4 Å². The molecule has 0 aromatic carbocycles. The number of hydrogen-bond acceptors (Lipinski definition) is 6. The number of nitrogens with one attached hydrogen (secondary N) is 1. The molecule has 16 atom stereocenters. The van der Waals surface area contributed by atoms with Gasteiger partial charge >= 0.3 is 11.9 Å². The first-order chi connectivity index (χ1) is 34.8. The topological polar surface area (TPSA) is 84.9 Å². The summed E-state index contributed by atoms with van der Waals surface area (Å²) in [5.41, 5.74) is 4.35. The van der Waals surface area contributed by atoms with Crippen LogP contribution in [-0.4, -0.2) is 61.1 Å². The van der Waals surface area contributed by atoms with Gasteiger partial charge in [-0.2, -0.15) is 0 Å². The second kappa shape index (κ2) is 22.7. The molecule has 7 nitrogen and oxygen atoms in total. The van der Waals surface area contributed by atoms with E-state index in [0.717, 1.165) is 110 Å². The SMILES string of the molecule is CC(C)CCC[C@@H](C)[C@H]1CC[C@H]2[C@@H]3CC=C4C[C@@H](OC(=O)CN(CCNC(=O)C5C=CC=C5)CC(=O)O[C@H]5CC[C@@]6(C)C(=CC[C@H]7[C@@H]8CC[C@H]([C@H](C)CCCC(C)C)[C@@]8(C)CC[C@@H]76)C5)CC[C@]4(C)[C@H]3CC[C@]12C. The number of esters is 2. The van der Waals surface area contributed by atoms with Crippen LogP contribution in [0, 0.1) is 98.6 Å². The van der Waals surface area contributed by atoms with Crippen molar-refractivity contribution in [2.75, 3.05) is 26.2 Å². The van der Waals surface area contributed by atoms with Gasteiger partial charge in [-0.15, -0.1) is 0 Å². The Labute approximate surface area is 445 Å². The summed E-state index contributed by atoms with van der Waals surface area (Å²) >= 11 is 0. The van der Waals surface area contributed by atoms with Gasteiger partial charge in [0.05, 0.1) is 19.0 Å². The third kappa shape index (κ3) is 11.4. The van der Waals surface area contributed by atoms with Gasteiger partial charge in [0.1, 0.15) is 12.2 Å². The monoisotopic (exact) mass is 1000 g/mol. The van der Waals surface area contributed by atoms with Crippen LogP contribution in [0.3, 0.4) is 0 Å². The molecule has 0 saturated heterocycles. The van der Waals surface area contributed by atoms with Crippen molar-refractivity contribution >= 4 is 17.8 Å². The van der Waals surface area contributed by atoms with Gasteiger partial charge in [-0.1, -0.05) is 155 Å². The molecular weight excluding hydrogens is 901 g/mol. The minimum Gasteiger partial charge on any atom is -0.461 e. The number of nitrogens with zero attached hydrogens (tertiary/aromatic N) is 1. The zero-order valence-corrected chi connectivity index (χ0v) is 48.0. The number of allylic oxidation sites excluding steroid dienone is 4. The zero-order valence-electron chi connectivity index (χ0n) is 48.0. The van der Waals surface area contributed by atoms with Gasteiger partial charge in [-0.3, -0.25) is 19.3 Å². The molecular formula is C66H104N2O5. The van der Waals surface area contributed by atoms with E-state index in [1.54, 1.807) is 0 Å². The number of carbonyl (C=O) groups is 3. The molecule has 0 bridgehead atoms. The van der Waals surface area contributed by atoms with Crippen LogP contribution in [0.2, 0.25) is 0 Å². The number of carbonyl (C=O) groups excluding carboxylic acids is 3. The second-order valence-electron chi connectivity index (χ2n) is 28.6. The minimum atomic E-state index is -0.287. The van der Waals surface area contributed by atoms with Crippen LogP contribution < -0.4 is 5.32 Å². The van der Waals surface area contributed by atoms with Crippen LogP contribution in [0.1, 0.15) is 210 Å². The molecule has 0 unspecified atom stereocenters. The van der Waals surface area contributed by atoms with Crippen molar-refractivity contribution in [3.63, 3.8) is 0 Å². The molecule has 0 radical (unpaired) electrons. The maximum Gasteiger partial charge on any atom is 0.320 e. The molecule has 9 aliphatic carbocycles. The van der Waals surface area contributed by atoms with Crippen molar-refractivity contribution in [3.8, 4) is 0 Å². The lowest BCUT2D eigenvalue weighted by Crippen LogP contribution is -2.51. The smallest absolute Gasteiger partial charge is 0.320 e. The lowest BCUT2D eigenvalue weighted by molar-refractivity contribution is -0.156.